The van der Waals surface area contributed by atoms with Crippen molar-refractivity contribution in [1.82, 2.24) is 4.90 Å². The van der Waals surface area contributed by atoms with E-state index in [0.29, 0.717) is 0 Å². The molecule has 1 aliphatic rings. The van der Waals surface area contributed by atoms with Crippen LogP contribution in [0.2, 0.25) is 0 Å². The van der Waals surface area contributed by atoms with E-state index in [1.165, 1.54) is 28.0 Å². The van der Waals surface area contributed by atoms with E-state index >= 15 is 0 Å². The van der Waals surface area contributed by atoms with Crippen LogP contribution in [0.5, 0.6) is 0 Å². The third-order valence-electron chi connectivity index (χ3n) is 3.14. The molecule has 0 aromatic rings. The van der Waals surface area contributed by atoms with E-state index in [9.17, 15) is 0 Å². The molecule has 1 nitrogen and oxygen atoms in total. The molecule has 1 heteroatoms. The van der Waals surface area contributed by atoms with Crippen molar-refractivity contribution >= 4 is 0 Å². The lowest BCUT2D eigenvalue weighted by molar-refractivity contribution is 0.452. The Morgan fingerprint density at radius 1 is 1.08 bits per heavy atom. The van der Waals surface area contributed by atoms with Crippen molar-refractivity contribution in [2.45, 2.75) is 27.7 Å². The van der Waals surface area contributed by atoms with E-state index in [0.717, 1.165) is 6.54 Å². The van der Waals surface area contributed by atoms with Gasteiger partial charge < -0.3 is 4.90 Å². The van der Waals surface area contributed by atoms with Crippen molar-refractivity contribution in [2.75, 3.05) is 13.6 Å². The van der Waals surface area contributed by atoms with Crippen LogP contribution in [0.15, 0.2) is 34.6 Å². The quantitative estimate of drug-likeness (QED) is 0.549. The van der Waals surface area contributed by atoms with E-state index < -0.39 is 0 Å². The van der Waals surface area contributed by atoms with Crippen LogP contribution in [0, 0.1) is 0 Å². The molecule has 1 aliphatic heterocycles. The predicted octanol–water partition coefficient (Wildman–Crippen LogP) is 3.12. The van der Waals surface area contributed by atoms with Crippen LogP contribution >= 0.6 is 0 Å². The molecular weight excluding hydrogens is 158 g/mol. The first-order chi connectivity index (χ1) is 5.95. The molecule has 0 saturated heterocycles. The fraction of sp³-hybridized carbons (Fsp3) is 0.500. The highest BCUT2D eigenvalue weighted by molar-refractivity contribution is 5.48. The Labute approximate surface area is 81.4 Å². The lowest BCUT2D eigenvalue weighted by Gasteiger charge is -2.19. The topological polar surface area (TPSA) is 3.24 Å². The van der Waals surface area contributed by atoms with Crippen LogP contribution in [0.1, 0.15) is 27.7 Å². The zero-order valence-electron chi connectivity index (χ0n) is 9.36. The Bertz CT molecular complexity index is 305. The largest absolute Gasteiger partial charge is 0.374 e. The summed E-state index contributed by atoms with van der Waals surface area (Å²) < 4.78 is 0. The van der Waals surface area contributed by atoms with E-state index in [1.54, 1.807) is 0 Å². The van der Waals surface area contributed by atoms with Crippen LogP contribution in [0.4, 0.5) is 0 Å². The Morgan fingerprint density at radius 2 is 1.62 bits per heavy atom. The maximum Gasteiger partial charge on any atom is 0.0385 e. The van der Waals surface area contributed by atoms with Gasteiger partial charge in [0.1, 0.15) is 0 Å². The number of hydrogen-bond acceptors (Lipinski definition) is 1. The molecule has 0 unspecified atom stereocenters. The summed E-state index contributed by atoms with van der Waals surface area (Å²) in [6, 6.07) is 0. The fourth-order valence-electron chi connectivity index (χ4n) is 1.64. The van der Waals surface area contributed by atoms with Crippen molar-refractivity contribution in [3.8, 4) is 0 Å². The van der Waals surface area contributed by atoms with Crippen molar-refractivity contribution in [2.24, 2.45) is 0 Å². The molecule has 0 bridgehead atoms. The molecule has 13 heavy (non-hydrogen) atoms. The number of nitrogens with zero attached hydrogens (tertiary/aromatic N) is 1. The van der Waals surface area contributed by atoms with E-state index in [1.807, 2.05) is 0 Å². The van der Waals surface area contributed by atoms with Gasteiger partial charge in [-0.1, -0.05) is 12.2 Å². The van der Waals surface area contributed by atoms with Gasteiger partial charge in [-0.2, -0.15) is 0 Å². The molecule has 1 heterocycles. The van der Waals surface area contributed by atoms with Gasteiger partial charge in [-0.15, -0.1) is 0 Å². The van der Waals surface area contributed by atoms with Gasteiger partial charge in [-0.05, 0) is 44.4 Å². The minimum atomic E-state index is 1.02. The summed E-state index contributed by atoms with van der Waals surface area (Å²) in [6.45, 7) is 13.8. The Balaban J connectivity index is 3.21. The van der Waals surface area contributed by atoms with E-state index in [2.05, 4.69) is 46.2 Å². The van der Waals surface area contributed by atoms with E-state index in [-0.39, 0.29) is 0 Å². The SMILES string of the molecule is C=C1C(C)=C(C)CN(C)C(C)=C1C. The number of allylic oxidation sites excluding steroid dienone is 4. The minimum Gasteiger partial charge on any atom is -0.374 e. The van der Waals surface area contributed by atoms with Crippen LogP contribution < -0.4 is 0 Å². The smallest absolute Gasteiger partial charge is 0.0385 e. The molecular formula is C12H19N. The Kier molecular flexibility index (Phi) is 2.65. The summed E-state index contributed by atoms with van der Waals surface area (Å²) in [7, 11) is 2.13. The molecule has 0 radical (unpaired) electrons. The van der Waals surface area contributed by atoms with Crippen molar-refractivity contribution in [3.05, 3.63) is 34.6 Å². The molecule has 0 atom stereocenters. The lowest BCUT2D eigenvalue weighted by atomic mass is 9.99. The monoisotopic (exact) mass is 177 g/mol. The molecule has 0 N–H and O–H groups in total. The second-order valence-corrected chi connectivity index (χ2v) is 3.95. The molecule has 0 amide bonds. The molecule has 0 spiro atoms. The van der Waals surface area contributed by atoms with Crippen LogP contribution in [-0.4, -0.2) is 18.5 Å². The normalized spacial score (nSPS) is 19.8. The van der Waals surface area contributed by atoms with Gasteiger partial charge in [0.2, 0.25) is 0 Å². The third-order valence-corrected chi connectivity index (χ3v) is 3.14. The summed E-state index contributed by atoms with van der Waals surface area (Å²) >= 11 is 0. The predicted molar refractivity (Wildman–Crippen MR) is 58.5 cm³/mol. The van der Waals surface area contributed by atoms with Gasteiger partial charge in [0, 0.05) is 19.3 Å². The first-order valence-corrected chi connectivity index (χ1v) is 4.69. The summed E-state index contributed by atoms with van der Waals surface area (Å²) in [5.41, 5.74) is 6.61. The second kappa shape index (κ2) is 3.41. The molecule has 0 fully saturated rings. The number of hydrogen-bond donors (Lipinski definition) is 0. The van der Waals surface area contributed by atoms with Gasteiger partial charge in [0.05, 0.1) is 0 Å². The van der Waals surface area contributed by atoms with Gasteiger partial charge in [-0.25, -0.2) is 0 Å². The average Bonchev–Trinajstić information content (AvgIpc) is 2.15. The maximum absolute atomic E-state index is 4.13. The zero-order chi connectivity index (χ0) is 10.2. The lowest BCUT2D eigenvalue weighted by Crippen LogP contribution is -2.17. The van der Waals surface area contributed by atoms with Gasteiger partial charge >= 0.3 is 0 Å². The summed E-state index contributed by atoms with van der Waals surface area (Å²) in [5.74, 6) is 0. The minimum absolute atomic E-state index is 1.02. The highest BCUT2D eigenvalue weighted by atomic mass is 15.1. The third kappa shape index (κ3) is 1.69. The molecule has 0 aliphatic carbocycles. The first kappa shape index (κ1) is 10.1. The van der Waals surface area contributed by atoms with Gasteiger partial charge in [-0.3, -0.25) is 0 Å². The van der Waals surface area contributed by atoms with Crippen LogP contribution in [0.3, 0.4) is 0 Å². The second-order valence-electron chi connectivity index (χ2n) is 3.95. The fourth-order valence-corrected chi connectivity index (χ4v) is 1.64. The van der Waals surface area contributed by atoms with Gasteiger partial charge in [0.15, 0.2) is 0 Å². The summed E-state index contributed by atoms with van der Waals surface area (Å²) in [4.78, 5) is 2.28. The zero-order valence-corrected chi connectivity index (χ0v) is 9.36. The van der Waals surface area contributed by atoms with Crippen LogP contribution in [-0.2, 0) is 0 Å². The first-order valence-electron chi connectivity index (χ1n) is 4.69. The summed E-state index contributed by atoms with van der Waals surface area (Å²) in [6.07, 6.45) is 0. The highest BCUT2D eigenvalue weighted by Gasteiger charge is 2.14. The molecule has 0 aromatic heterocycles. The van der Waals surface area contributed by atoms with Crippen molar-refractivity contribution < 1.29 is 0 Å². The van der Waals surface area contributed by atoms with E-state index in [4.69, 9.17) is 0 Å². The Hall–Kier alpha value is -0.980. The molecule has 72 valence electrons. The van der Waals surface area contributed by atoms with Gasteiger partial charge in [0.25, 0.3) is 0 Å². The molecule has 0 saturated carbocycles. The van der Waals surface area contributed by atoms with Crippen molar-refractivity contribution in [3.63, 3.8) is 0 Å². The number of likely N-dealkylation sites (N-methyl/N-ethyl adjacent to an activating group) is 1. The van der Waals surface area contributed by atoms with Crippen LogP contribution in [0.25, 0.3) is 0 Å². The maximum atomic E-state index is 4.13. The standard InChI is InChI=1S/C12H19N/c1-8-7-13(6)12(5)11(4)10(3)9(8)2/h3,7H2,1-2,4-6H3. The highest BCUT2D eigenvalue weighted by Crippen LogP contribution is 2.27. The number of rotatable bonds is 0. The molecule has 1 rings (SSSR count). The Morgan fingerprint density at radius 3 is 2.15 bits per heavy atom. The average molecular weight is 177 g/mol. The van der Waals surface area contributed by atoms with Crippen molar-refractivity contribution in [1.29, 1.82) is 0 Å². The summed E-state index contributed by atoms with van der Waals surface area (Å²) in [5, 5.41) is 0. The molecule has 0 aromatic carbocycles.